The van der Waals surface area contributed by atoms with E-state index in [1.807, 2.05) is 0 Å². The van der Waals surface area contributed by atoms with Gasteiger partial charge in [0, 0.05) is 0 Å². The van der Waals surface area contributed by atoms with Gasteiger partial charge in [-0.15, -0.1) is 34.8 Å². The summed E-state index contributed by atoms with van der Waals surface area (Å²) in [4.78, 5) is 0. The van der Waals surface area contributed by atoms with E-state index in [1.165, 1.54) is 0 Å². The maximum atomic E-state index is 11.1. The summed E-state index contributed by atoms with van der Waals surface area (Å²) in [6, 6.07) is 0. The molecule has 2 heterocycles. The van der Waals surface area contributed by atoms with E-state index < -0.39 is 59.3 Å². The third-order valence-corrected chi connectivity index (χ3v) is 6.07. The SMILES string of the molecule is CC(C)OC[C@H]1O[C@@](O)([C@]2(CCl)O[C@H](CCl)[C@@H](O)[C@@H]2O)[C@H](O)[C@@H](O)[C@H]1Cl. The second kappa shape index (κ2) is 8.51. The van der Waals surface area contributed by atoms with Gasteiger partial charge < -0.3 is 39.7 Å². The average molecular weight is 440 g/mol. The van der Waals surface area contributed by atoms with Crippen molar-refractivity contribution < 1.29 is 39.7 Å². The first-order valence-corrected chi connectivity index (χ1v) is 9.74. The van der Waals surface area contributed by atoms with Crippen molar-refractivity contribution in [2.75, 3.05) is 18.4 Å². The predicted molar refractivity (Wildman–Crippen MR) is 93.6 cm³/mol. The molecule has 0 spiro atoms. The fourth-order valence-corrected chi connectivity index (χ4v) is 4.19. The Hall–Kier alpha value is 0.550. The van der Waals surface area contributed by atoms with Crippen LogP contribution in [0.3, 0.4) is 0 Å². The Morgan fingerprint density at radius 3 is 2.08 bits per heavy atom. The van der Waals surface area contributed by atoms with E-state index in [4.69, 9.17) is 49.0 Å². The van der Waals surface area contributed by atoms with E-state index in [0.29, 0.717) is 0 Å². The van der Waals surface area contributed by atoms with Crippen molar-refractivity contribution in [3.63, 3.8) is 0 Å². The highest BCUT2D eigenvalue weighted by Crippen LogP contribution is 2.47. The van der Waals surface area contributed by atoms with Crippen molar-refractivity contribution >= 4 is 34.8 Å². The quantitative estimate of drug-likeness (QED) is 0.339. The fraction of sp³-hybridized carbons (Fsp3) is 1.00. The van der Waals surface area contributed by atoms with Gasteiger partial charge in [0.2, 0.25) is 5.79 Å². The molecule has 0 unspecified atom stereocenters. The number of halogens is 3. The third kappa shape index (κ3) is 3.59. The first-order chi connectivity index (χ1) is 12.1. The van der Waals surface area contributed by atoms with E-state index in [0.717, 1.165) is 0 Å². The summed E-state index contributed by atoms with van der Waals surface area (Å²) in [7, 11) is 0. The lowest BCUT2D eigenvalue weighted by molar-refractivity contribution is -0.391. The zero-order valence-corrected chi connectivity index (χ0v) is 16.6. The highest BCUT2D eigenvalue weighted by atomic mass is 35.5. The molecule has 0 radical (unpaired) electrons. The molecule has 0 amide bonds. The van der Waals surface area contributed by atoms with E-state index in [9.17, 15) is 25.5 Å². The number of alkyl halides is 3. The number of hydrogen-bond donors (Lipinski definition) is 5. The minimum Gasteiger partial charge on any atom is -0.389 e. The molecule has 0 saturated carbocycles. The van der Waals surface area contributed by atoms with Crippen LogP contribution in [0.1, 0.15) is 13.8 Å². The first-order valence-electron chi connectivity index (χ1n) is 8.23. The molecule has 9 atom stereocenters. The lowest BCUT2D eigenvalue weighted by atomic mass is 9.79. The molecule has 0 bridgehead atoms. The summed E-state index contributed by atoms with van der Waals surface area (Å²) < 4.78 is 16.6. The minimum absolute atomic E-state index is 0.103. The van der Waals surface area contributed by atoms with E-state index in [-0.39, 0.29) is 18.6 Å². The normalized spacial score (nSPS) is 49.7. The maximum Gasteiger partial charge on any atom is 0.229 e. The van der Waals surface area contributed by atoms with Crippen LogP contribution in [-0.2, 0) is 14.2 Å². The zero-order chi connectivity index (χ0) is 19.9. The van der Waals surface area contributed by atoms with Crippen LogP contribution >= 0.6 is 34.8 Å². The molecule has 2 aliphatic rings. The minimum atomic E-state index is -2.67. The number of aliphatic hydroxyl groups excluding tert-OH is 4. The van der Waals surface area contributed by atoms with Crippen LogP contribution in [0.4, 0.5) is 0 Å². The van der Waals surface area contributed by atoms with Gasteiger partial charge in [-0.3, -0.25) is 0 Å². The van der Waals surface area contributed by atoms with Gasteiger partial charge in [-0.25, -0.2) is 0 Å². The monoisotopic (exact) mass is 438 g/mol. The molecular formula is C15H25Cl3O8. The lowest BCUT2D eigenvalue weighted by Gasteiger charge is -2.53. The Bertz CT molecular complexity index is 486. The van der Waals surface area contributed by atoms with Crippen LogP contribution in [0, 0.1) is 0 Å². The zero-order valence-electron chi connectivity index (χ0n) is 14.3. The van der Waals surface area contributed by atoms with Gasteiger partial charge in [0.25, 0.3) is 0 Å². The molecule has 5 N–H and O–H groups in total. The third-order valence-electron chi connectivity index (χ3n) is 4.83. The molecule has 0 aliphatic carbocycles. The van der Waals surface area contributed by atoms with Crippen molar-refractivity contribution in [3.05, 3.63) is 0 Å². The Morgan fingerprint density at radius 1 is 1.00 bits per heavy atom. The van der Waals surface area contributed by atoms with Gasteiger partial charge in [0.05, 0.1) is 29.8 Å². The van der Waals surface area contributed by atoms with Crippen LogP contribution in [0.15, 0.2) is 0 Å². The van der Waals surface area contributed by atoms with Crippen molar-refractivity contribution in [2.24, 2.45) is 0 Å². The first kappa shape index (κ1) is 22.8. The van der Waals surface area contributed by atoms with Crippen molar-refractivity contribution in [2.45, 2.75) is 73.3 Å². The maximum absolute atomic E-state index is 11.1. The Labute approximate surface area is 166 Å². The van der Waals surface area contributed by atoms with Crippen LogP contribution in [-0.4, -0.2) is 103 Å². The van der Waals surface area contributed by atoms with E-state index in [1.54, 1.807) is 13.8 Å². The Morgan fingerprint density at radius 2 is 1.62 bits per heavy atom. The second-order valence-corrected chi connectivity index (χ2v) is 7.96. The fourth-order valence-electron chi connectivity index (χ4n) is 3.27. The summed E-state index contributed by atoms with van der Waals surface area (Å²) in [6.07, 6.45) is -9.14. The van der Waals surface area contributed by atoms with Crippen LogP contribution < -0.4 is 0 Å². The van der Waals surface area contributed by atoms with Gasteiger partial charge in [-0.2, -0.15) is 0 Å². The van der Waals surface area contributed by atoms with E-state index in [2.05, 4.69) is 0 Å². The molecule has 2 fully saturated rings. The van der Waals surface area contributed by atoms with Gasteiger partial charge in [0.1, 0.15) is 36.6 Å². The Balaban J connectivity index is 2.39. The second-order valence-electron chi connectivity index (χ2n) is 6.88. The molecule has 2 rings (SSSR count). The van der Waals surface area contributed by atoms with Crippen molar-refractivity contribution in [1.82, 2.24) is 0 Å². The number of aliphatic hydroxyl groups is 5. The molecule has 8 nitrogen and oxygen atoms in total. The van der Waals surface area contributed by atoms with Gasteiger partial charge in [-0.1, -0.05) is 0 Å². The summed E-state index contributed by atoms with van der Waals surface area (Å²) in [5.74, 6) is -3.45. The van der Waals surface area contributed by atoms with Crippen molar-refractivity contribution in [3.8, 4) is 0 Å². The molecule has 0 aromatic rings. The predicted octanol–water partition coefficient (Wildman–Crippen LogP) is -0.835. The molecule has 2 saturated heterocycles. The van der Waals surface area contributed by atoms with E-state index >= 15 is 0 Å². The summed E-state index contributed by atoms with van der Waals surface area (Å²) in [5, 5.41) is 51.4. The summed E-state index contributed by atoms with van der Waals surface area (Å²) >= 11 is 17.8. The molecule has 2 aliphatic heterocycles. The lowest BCUT2D eigenvalue weighted by Crippen LogP contribution is -2.76. The molecular weight excluding hydrogens is 415 g/mol. The Kier molecular flexibility index (Phi) is 7.47. The number of hydrogen-bond acceptors (Lipinski definition) is 8. The molecule has 154 valence electrons. The van der Waals surface area contributed by atoms with Gasteiger partial charge in [-0.05, 0) is 13.8 Å². The highest BCUT2D eigenvalue weighted by Gasteiger charge is 2.71. The molecule has 0 aromatic carbocycles. The van der Waals surface area contributed by atoms with Crippen LogP contribution in [0.2, 0.25) is 0 Å². The van der Waals surface area contributed by atoms with Gasteiger partial charge in [0.15, 0.2) is 5.60 Å². The standard InChI is InChI=1S/C15H25Cl3O8/c1-6(2)24-4-8-9(18)11(20)13(22)15(23,26-8)14(5-17)12(21)10(19)7(3-16)25-14/h6-13,19-23H,3-5H2,1-2H3/t7-,8-,9+,10-,11+,12+,13-,14-,15-/m1/s1. The smallest absolute Gasteiger partial charge is 0.229 e. The topological polar surface area (TPSA) is 129 Å². The number of ether oxygens (including phenoxy) is 3. The summed E-state index contributed by atoms with van der Waals surface area (Å²) in [6.45, 7) is 3.44. The largest absolute Gasteiger partial charge is 0.389 e. The van der Waals surface area contributed by atoms with Crippen LogP contribution in [0.25, 0.3) is 0 Å². The highest BCUT2D eigenvalue weighted by molar-refractivity contribution is 6.21. The van der Waals surface area contributed by atoms with Crippen LogP contribution in [0.5, 0.6) is 0 Å². The summed E-state index contributed by atoms with van der Waals surface area (Å²) in [5.41, 5.74) is -2.15. The molecule has 0 aromatic heterocycles. The van der Waals surface area contributed by atoms with Crippen molar-refractivity contribution in [1.29, 1.82) is 0 Å². The van der Waals surface area contributed by atoms with Gasteiger partial charge >= 0.3 is 0 Å². The average Bonchev–Trinajstić information content (AvgIpc) is 2.87. The number of rotatable bonds is 6. The molecule has 26 heavy (non-hydrogen) atoms. The molecule has 11 heteroatoms.